The van der Waals surface area contributed by atoms with Crippen molar-refractivity contribution in [1.82, 2.24) is 20.3 Å². The summed E-state index contributed by atoms with van der Waals surface area (Å²) in [4.78, 5) is 12.5. The first-order valence-corrected chi connectivity index (χ1v) is 9.41. The number of para-hydroxylation sites is 1. The molecule has 3 aromatic carbocycles. The SMILES string of the molecule is CC(NC(=O)c1ccc(Cn2nnc3ccccc32)cc1)c1cccc(Cl)c1. The summed E-state index contributed by atoms with van der Waals surface area (Å²) in [5.74, 6) is -0.120. The average molecular weight is 391 g/mol. The van der Waals surface area contributed by atoms with Crippen LogP contribution in [0.2, 0.25) is 5.02 Å². The lowest BCUT2D eigenvalue weighted by Crippen LogP contribution is -2.26. The van der Waals surface area contributed by atoms with Crippen molar-refractivity contribution >= 4 is 28.5 Å². The highest BCUT2D eigenvalue weighted by atomic mass is 35.5. The molecule has 0 saturated heterocycles. The molecule has 1 atom stereocenters. The molecule has 4 rings (SSSR count). The van der Waals surface area contributed by atoms with E-state index in [2.05, 4.69) is 15.6 Å². The van der Waals surface area contributed by atoms with Gasteiger partial charge in [0.2, 0.25) is 0 Å². The number of hydrogen-bond acceptors (Lipinski definition) is 3. The monoisotopic (exact) mass is 390 g/mol. The molecule has 6 heteroatoms. The van der Waals surface area contributed by atoms with Crippen LogP contribution in [0.4, 0.5) is 0 Å². The first kappa shape index (κ1) is 18.2. The molecule has 4 aromatic rings. The minimum atomic E-state index is -0.132. The predicted octanol–water partition coefficient (Wildman–Crippen LogP) is 4.62. The highest BCUT2D eigenvalue weighted by Crippen LogP contribution is 2.18. The Balaban J connectivity index is 1.44. The molecule has 1 unspecified atom stereocenters. The van der Waals surface area contributed by atoms with Gasteiger partial charge in [-0.3, -0.25) is 4.79 Å². The van der Waals surface area contributed by atoms with E-state index in [9.17, 15) is 4.79 Å². The summed E-state index contributed by atoms with van der Waals surface area (Å²) in [6.07, 6.45) is 0. The van der Waals surface area contributed by atoms with Crippen LogP contribution < -0.4 is 5.32 Å². The fraction of sp³-hybridized carbons (Fsp3) is 0.136. The Morgan fingerprint density at radius 1 is 1.07 bits per heavy atom. The zero-order valence-corrected chi connectivity index (χ0v) is 16.1. The second kappa shape index (κ2) is 7.82. The molecule has 5 nitrogen and oxygen atoms in total. The van der Waals surface area contributed by atoms with Crippen molar-refractivity contribution in [3.63, 3.8) is 0 Å². The summed E-state index contributed by atoms with van der Waals surface area (Å²) >= 11 is 6.03. The molecule has 1 aromatic heterocycles. The summed E-state index contributed by atoms with van der Waals surface area (Å²) in [6.45, 7) is 2.54. The average Bonchev–Trinajstić information content (AvgIpc) is 3.11. The maximum absolute atomic E-state index is 12.5. The molecule has 0 aliphatic carbocycles. The molecule has 28 heavy (non-hydrogen) atoms. The molecule has 0 aliphatic rings. The van der Waals surface area contributed by atoms with Crippen molar-refractivity contribution in [3.05, 3.63) is 94.5 Å². The molecule has 140 valence electrons. The van der Waals surface area contributed by atoms with E-state index >= 15 is 0 Å². The summed E-state index contributed by atoms with van der Waals surface area (Å²) in [7, 11) is 0. The Labute approximate surface area is 167 Å². The van der Waals surface area contributed by atoms with E-state index in [0.29, 0.717) is 17.1 Å². The molecule has 0 saturated carbocycles. The van der Waals surface area contributed by atoms with Crippen LogP contribution >= 0.6 is 11.6 Å². The summed E-state index contributed by atoms with van der Waals surface area (Å²) < 4.78 is 1.85. The number of aromatic nitrogens is 3. The van der Waals surface area contributed by atoms with E-state index in [-0.39, 0.29) is 11.9 Å². The molecule has 0 aliphatic heterocycles. The van der Waals surface area contributed by atoms with Gasteiger partial charge in [0.15, 0.2) is 0 Å². The quantitative estimate of drug-likeness (QED) is 0.540. The molecule has 0 fully saturated rings. The van der Waals surface area contributed by atoms with Gasteiger partial charge in [-0.2, -0.15) is 0 Å². The zero-order chi connectivity index (χ0) is 19.5. The maximum Gasteiger partial charge on any atom is 0.251 e. The summed E-state index contributed by atoms with van der Waals surface area (Å²) in [6, 6.07) is 22.7. The van der Waals surface area contributed by atoms with Crippen molar-refractivity contribution < 1.29 is 4.79 Å². The topological polar surface area (TPSA) is 59.8 Å². The minimum absolute atomic E-state index is 0.120. The van der Waals surface area contributed by atoms with Crippen LogP contribution in [0.3, 0.4) is 0 Å². The Morgan fingerprint density at radius 2 is 1.86 bits per heavy atom. The normalized spacial score (nSPS) is 12.1. The lowest BCUT2D eigenvalue weighted by atomic mass is 10.1. The number of fused-ring (bicyclic) bond motifs is 1. The van der Waals surface area contributed by atoms with Gasteiger partial charge in [0.05, 0.1) is 18.1 Å². The number of amides is 1. The molecule has 1 N–H and O–H groups in total. The third-order valence-electron chi connectivity index (χ3n) is 4.66. The van der Waals surface area contributed by atoms with Crippen LogP contribution in [-0.2, 0) is 6.54 Å². The van der Waals surface area contributed by atoms with Gasteiger partial charge in [0.1, 0.15) is 5.52 Å². The predicted molar refractivity (Wildman–Crippen MR) is 110 cm³/mol. The van der Waals surface area contributed by atoms with E-state index in [4.69, 9.17) is 11.6 Å². The Bertz CT molecular complexity index is 1120. The standard InChI is InChI=1S/C22H19ClN4O/c1-15(18-5-4-6-19(23)13-18)24-22(28)17-11-9-16(10-12-17)14-27-21-8-3-2-7-20(21)25-26-27/h2-13,15H,14H2,1H3,(H,24,28). The number of benzene rings is 3. The molecule has 1 heterocycles. The van der Waals surface area contributed by atoms with Gasteiger partial charge < -0.3 is 5.32 Å². The fourth-order valence-electron chi connectivity index (χ4n) is 3.11. The summed E-state index contributed by atoms with van der Waals surface area (Å²) in [5.41, 5.74) is 4.49. The number of carbonyl (C=O) groups excluding carboxylic acids is 1. The van der Waals surface area contributed by atoms with Gasteiger partial charge in [0, 0.05) is 10.6 Å². The minimum Gasteiger partial charge on any atom is -0.346 e. The lowest BCUT2D eigenvalue weighted by Gasteiger charge is -2.15. The molecule has 0 spiro atoms. The van der Waals surface area contributed by atoms with Crippen molar-refractivity contribution in [2.24, 2.45) is 0 Å². The number of hydrogen-bond donors (Lipinski definition) is 1. The smallest absolute Gasteiger partial charge is 0.251 e. The van der Waals surface area contributed by atoms with Crippen molar-refractivity contribution in [2.75, 3.05) is 0 Å². The van der Waals surface area contributed by atoms with E-state index in [1.807, 2.05) is 84.4 Å². The van der Waals surface area contributed by atoms with Crippen LogP contribution in [0.5, 0.6) is 0 Å². The van der Waals surface area contributed by atoms with E-state index in [0.717, 1.165) is 22.2 Å². The highest BCUT2D eigenvalue weighted by molar-refractivity contribution is 6.30. The number of carbonyl (C=O) groups is 1. The van der Waals surface area contributed by atoms with Crippen LogP contribution in [0, 0.1) is 0 Å². The van der Waals surface area contributed by atoms with Gasteiger partial charge in [-0.05, 0) is 54.4 Å². The second-order valence-corrected chi connectivity index (χ2v) is 7.12. The maximum atomic E-state index is 12.5. The number of rotatable bonds is 5. The van der Waals surface area contributed by atoms with E-state index < -0.39 is 0 Å². The second-order valence-electron chi connectivity index (χ2n) is 6.68. The van der Waals surface area contributed by atoms with Gasteiger partial charge in [-0.1, -0.05) is 53.2 Å². The van der Waals surface area contributed by atoms with Gasteiger partial charge in [0.25, 0.3) is 5.91 Å². The molecule has 0 bridgehead atoms. The highest BCUT2D eigenvalue weighted by Gasteiger charge is 2.12. The molecule has 0 radical (unpaired) electrons. The van der Waals surface area contributed by atoms with Crippen molar-refractivity contribution in [1.29, 1.82) is 0 Å². The van der Waals surface area contributed by atoms with E-state index in [1.165, 1.54) is 0 Å². The van der Waals surface area contributed by atoms with Gasteiger partial charge in [-0.15, -0.1) is 5.10 Å². The van der Waals surface area contributed by atoms with Crippen molar-refractivity contribution in [2.45, 2.75) is 19.5 Å². The Morgan fingerprint density at radius 3 is 2.64 bits per heavy atom. The Hall–Kier alpha value is -3.18. The van der Waals surface area contributed by atoms with E-state index in [1.54, 1.807) is 0 Å². The summed E-state index contributed by atoms with van der Waals surface area (Å²) in [5, 5.41) is 12.0. The Kier molecular flexibility index (Phi) is 5.08. The number of halogens is 1. The number of nitrogens with zero attached hydrogens (tertiary/aromatic N) is 3. The van der Waals surface area contributed by atoms with Gasteiger partial charge in [-0.25, -0.2) is 4.68 Å². The molecule has 1 amide bonds. The fourth-order valence-corrected chi connectivity index (χ4v) is 3.31. The van der Waals surface area contributed by atoms with Crippen molar-refractivity contribution in [3.8, 4) is 0 Å². The van der Waals surface area contributed by atoms with Crippen LogP contribution in [0.15, 0.2) is 72.8 Å². The zero-order valence-electron chi connectivity index (χ0n) is 15.3. The van der Waals surface area contributed by atoms with Crippen LogP contribution in [-0.4, -0.2) is 20.9 Å². The number of nitrogens with one attached hydrogen (secondary N) is 1. The third-order valence-corrected chi connectivity index (χ3v) is 4.90. The first-order chi connectivity index (χ1) is 13.6. The molecular weight excluding hydrogens is 372 g/mol. The third kappa shape index (κ3) is 3.89. The molecular formula is C22H19ClN4O. The van der Waals surface area contributed by atoms with Crippen LogP contribution in [0.25, 0.3) is 11.0 Å². The lowest BCUT2D eigenvalue weighted by molar-refractivity contribution is 0.0940. The van der Waals surface area contributed by atoms with Crippen LogP contribution in [0.1, 0.15) is 34.5 Å². The van der Waals surface area contributed by atoms with Gasteiger partial charge >= 0.3 is 0 Å². The first-order valence-electron chi connectivity index (χ1n) is 9.03. The largest absolute Gasteiger partial charge is 0.346 e.